The first kappa shape index (κ1) is 32.9. The van der Waals surface area contributed by atoms with Gasteiger partial charge in [-0.1, -0.05) is 0 Å². The van der Waals surface area contributed by atoms with Gasteiger partial charge in [-0.05, 0) is 48.9 Å². The molecule has 0 bridgehead atoms. The van der Waals surface area contributed by atoms with Gasteiger partial charge >= 0.3 is 6.03 Å². The molecule has 2 fully saturated rings. The topological polar surface area (TPSA) is 125 Å². The molecular formula is C33H46F2N10O2. The van der Waals surface area contributed by atoms with E-state index in [1.165, 1.54) is 6.07 Å². The number of likely N-dealkylation sites (tertiary alicyclic amines) is 1. The maximum Gasteiger partial charge on any atom is 0.317 e. The number of rotatable bonds is 7. The van der Waals surface area contributed by atoms with Gasteiger partial charge in [0.2, 0.25) is 5.91 Å². The number of benzene rings is 1. The molecule has 2 saturated heterocycles. The maximum atomic E-state index is 14.5. The SMILES string of the molecule is CNC(=O)N1CCC(NC2CCN(C(=O)CN3CCNCC3)CC2)=C(C(=N)N2CCCc3cc(-c4cnn(C)c4)c(C(F)F)cc32)C1. The van der Waals surface area contributed by atoms with Crippen LogP contribution in [-0.4, -0.2) is 121 Å². The molecule has 0 aliphatic carbocycles. The number of fused-ring (bicyclic) bond motifs is 1. The van der Waals surface area contributed by atoms with Crippen molar-refractivity contribution in [3.8, 4) is 11.1 Å². The van der Waals surface area contributed by atoms with E-state index in [1.54, 1.807) is 36.1 Å². The minimum Gasteiger partial charge on any atom is -0.385 e. The molecule has 5 heterocycles. The number of aryl methyl sites for hydroxylation is 2. The number of nitrogens with zero attached hydrogens (tertiary/aromatic N) is 6. The molecule has 12 nitrogen and oxygen atoms in total. The molecule has 0 spiro atoms. The predicted octanol–water partition coefficient (Wildman–Crippen LogP) is 2.54. The summed E-state index contributed by atoms with van der Waals surface area (Å²) in [6.07, 6.45) is 4.26. The molecule has 4 aliphatic heterocycles. The number of urea groups is 1. The fourth-order valence-corrected chi connectivity index (χ4v) is 7.19. The Morgan fingerprint density at radius 3 is 2.51 bits per heavy atom. The fourth-order valence-electron chi connectivity index (χ4n) is 7.19. The van der Waals surface area contributed by atoms with Crippen LogP contribution < -0.4 is 20.9 Å². The molecule has 0 atom stereocenters. The zero-order valence-corrected chi connectivity index (χ0v) is 27.3. The number of anilines is 1. The first-order valence-corrected chi connectivity index (χ1v) is 16.7. The highest BCUT2D eigenvalue weighted by molar-refractivity contribution is 6.09. The zero-order valence-electron chi connectivity index (χ0n) is 27.3. The summed E-state index contributed by atoms with van der Waals surface area (Å²) in [7, 11) is 3.35. The molecule has 6 rings (SSSR count). The summed E-state index contributed by atoms with van der Waals surface area (Å²) in [6.45, 7) is 6.64. The highest BCUT2D eigenvalue weighted by Gasteiger charge is 2.33. The smallest absolute Gasteiger partial charge is 0.317 e. The molecule has 254 valence electrons. The van der Waals surface area contributed by atoms with Crippen LogP contribution in [-0.2, 0) is 18.3 Å². The maximum absolute atomic E-state index is 14.5. The van der Waals surface area contributed by atoms with Crippen molar-refractivity contribution in [2.45, 2.75) is 44.6 Å². The van der Waals surface area contributed by atoms with Gasteiger partial charge in [-0.2, -0.15) is 5.10 Å². The number of carbonyl (C=O) groups is 2. The van der Waals surface area contributed by atoms with E-state index in [1.807, 2.05) is 15.9 Å². The second-order valence-electron chi connectivity index (χ2n) is 12.9. The van der Waals surface area contributed by atoms with Crippen molar-refractivity contribution in [1.29, 1.82) is 5.41 Å². The summed E-state index contributed by atoms with van der Waals surface area (Å²) in [5, 5.41) is 23.4. The molecule has 4 aliphatic rings. The van der Waals surface area contributed by atoms with E-state index in [9.17, 15) is 23.8 Å². The van der Waals surface area contributed by atoms with E-state index in [2.05, 4.69) is 25.9 Å². The van der Waals surface area contributed by atoms with E-state index in [0.717, 1.165) is 63.1 Å². The normalized spacial score (nSPS) is 19.6. The lowest BCUT2D eigenvalue weighted by Gasteiger charge is -2.39. The Hall–Kier alpha value is -4.04. The summed E-state index contributed by atoms with van der Waals surface area (Å²) < 4.78 is 30.5. The molecule has 14 heteroatoms. The van der Waals surface area contributed by atoms with Crippen molar-refractivity contribution >= 4 is 23.5 Å². The van der Waals surface area contributed by atoms with Gasteiger partial charge in [-0.15, -0.1) is 0 Å². The Morgan fingerprint density at radius 2 is 1.83 bits per heavy atom. The lowest BCUT2D eigenvalue weighted by molar-refractivity contribution is -0.133. The molecule has 1 aromatic carbocycles. The third kappa shape index (κ3) is 7.28. The van der Waals surface area contributed by atoms with Crippen LogP contribution in [0.15, 0.2) is 35.8 Å². The fraction of sp³-hybridized carbons (Fsp3) is 0.576. The van der Waals surface area contributed by atoms with Gasteiger partial charge in [0.25, 0.3) is 6.43 Å². The van der Waals surface area contributed by atoms with Gasteiger partial charge < -0.3 is 30.7 Å². The van der Waals surface area contributed by atoms with E-state index >= 15 is 0 Å². The Morgan fingerprint density at radius 1 is 1.06 bits per heavy atom. The summed E-state index contributed by atoms with van der Waals surface area (Å²) in [5.74, 6) is 0.393. The van der Waals surface area contributed by atoms with Crippen molar-refractivity contribution < 1.29 is 18.4 Å². The molecule has 3 amide bonds. The van der Waals surface area contributed by atoms with Crippen molar-refractivity contribution in [2.75, 3.05) is 77.4 Å². The number of hydrogen-bond donors (Lipinski definition) is 4. The van der Waals surface area contributed by atoms with Gasteiger partial charge in [-0.3, -0.25) is 19.8 Å². The minimum absolute atomic E-state index is 0.0855. The van der Waals surface area contributed by atoms with Gasteiger partial charge in [0.05, 0.1) is 19.3 Å². The second kappa shape index (κ2) is 14.4. The summed E-state index contributed by atoms with van der Waals surface area (Å²) in [4.78, 5) is 33.4. The van der Waals surface area contributed by atoms with Crippen LogP contribution in [0.5, 0.6) is 0 Å². The quantitative estimate of drug-likeness (QED) is 0.268. The van der Waals surface area contributed by atoms with Crippen LogP contribution in [0.2, 0.25) is 0 Å². The number of piperazine rings is 1. The number of amidine groups is 1. The van der Waals surface area contributed by atoms with Crippen molar-refractivity contribution in [1.82, 2.24) is 40.4 Å². The number of nitrogens with one attached hydrogen (secondary N) is 4. The third-order valence-electron chi connectivity index (χ3n) is 9.82. The first-order valence-electron chi connectivity index (χ1n) is 16.7. The minimum atomic E-state index is -2.70. The highest BCUT2D eigenvalue weighted by Crippen LogP contribution is 2.39. The molecule has 0 saturated carbocycles. The average Bonchev–Trinajstić information content (AvgIpc) is 3.53. The number of piperidine rings is 1. The van der Waals surface area contributed by atoms with Crippen LogP contribution in [0.4, 0.5) is 19.3 Å². The van der Waals surface area contributed by atoms with Crippen LogP contribution in [0.1, 0.15) is 43.2 Å². The average molecular weight is 653 g/mol. The lowest BCUT2D eigenvalue weighted by atomic mass is 9.92. The number of alkyl halides is 2. The van der Waals surface area contributed by atoms with Crippen LogP contribution >= 0.6 is 0 Å². The van der Waals surface area contributed by atoms with Crippen LogP contribution in [0.25, 0.3) is 11.1 Å². The molecule has 0 radical (unpaired) electrons. The van der Waals surface area contributed by atoms with Crippen molar-refractivity contribution in [2.24, 2.45) is 7.05 Å². The number of aromatic nitrogens is 2. The summed E-state index contributed by atoms with van der Waals surface area (Å²) in [6, 6.07) is 3.28. The lowest BCUT2D eigenvalue weighted by Crippen LogP contribution is -2.52. The van der Waals surface area contributed by atoms with Crippen LogP contribution in [0, 0.1) is 5.41 Å². The molecule has 0 unspecified atom stereocenters. The molecule has 1 aromatic heterocycles. The van der Waals surface area contributed by atoms with E-state index < -0.39 is 6.43 Å². The van der Waals surface area contributed by atoms with Gasteiger partial charge in [-0.25, -0.2) is 13.6 Å². The van der Waals surface area contributed by atoms with E-state index in [4.69, 9.17) is 0 Å². The number of hydrogen-bond acceptors (Lipinski definition) is 7. The molecular weight excluding hydrogens is 606 g/mol. The Balaban J connectivity index is 1.22. The second-order valence-corrected chi connectivity index (χ2v) is 12.9. The van der Waals surface area contributed by atoms with Crippen molar-refractivity contribution in [3.63, 3.8) is 0 Å². The Bertz CT molecular complexity index is 1510. The molecule has 4 N–H and O–H groups in total. The number of carbonyl (C=O) groups excluding carboxylic acids is 2. The summed E-state index contributed by atoms with van der Waals surface area (Å²) >= 11 is 0. The number of amides is 3. The number of halogens is 2. The third-order valence-corrected chi connectivity index (χ3v) is 9.82. The standard InChI is InChI=1S/C33H46F2N10O2/c1-37-33(47)44-13-7-28(40-24-5-11-43(12-6-24)30(46)21-42-14-8-38-9-15-42)27(20-44)32(36)45-10-3-4-22-16-25(23-18-39-41(2)19-23)26(31(34)35)17-29(22)45/h16-19,24,31,36,38,40H,3-15,20-21H2,1-2H3,(H,37,47). The molecule has 2 aromatic rings. The van der Waals surface area contributed by atoms with Gasteiger partial charge in [0, 0.05) is 113 Å². The highest BCUT2D eigenvalue weighted by atomic mass is 19.3. The van der Waals surface area contributed by atoms with Crippen LogP contribution in [0.3, 0.4) is 0 Å². The van der Waals surface area contributed by atoms with E-state index in [-0.39, 0.29) is 35.9 Å². The zero-order chi connectivity index (χ0) is 33.1. The molecule has 47 heavy (non-hydrogen) atoms. The summed E-state index contributed by atoms with van der Waals surface area (Å²) in [5.41, 5.74) is 4.15. The Labute approximate surface area is 274 Å². The van der Waals surface area contributed by atoms with Crippen molar-refractivity contribution in [3.05, 3.63) is 46.9 Å². The monoisotopic (exact) mass is 652 g/mol. The predicted molar refractivity (Wildman–Crippen MR) is 177 cm³/mol. The van der Waals surface area contributed by atoms with Gasteiger partial charge in [0.1, 0.15) is 5.84 Å². The van der Waals surface area contributed by atoms with E-state index in [0.29, 0.717) is 61.5 Å². The largest absolute Gasteiger partial charge is 0.385 e. The van der Waals surface area contributed by atoms with Gasteiger partial charge in [0.15, 0.2) is 0 Å². The first-order chi connectivity index (χ1) is 22.7. The Kier molecular flexibility index (Phi) is 10.1.